The molecule has 6 heteroatoms. The molecule has 0 spiro atoms. The van der Waals surface area contributed by atoms with Crippen LogP contribution in [0.2, 0.25) is 0 Å². The van der Waals surface area contributed by atoms with Gasteiger partial charge in [0, 0.05) is 5.56 Å². The first-order chi connectivity index (χ1) is 11.1. The summed E-state index contributed by atoms with van der Waals surface area (Å²) in [6.45, 7) is 3.70. The van der Waals surface area contributed by atoms with Crippen LogP contribution in [0.25, 0.3) is 0 Å². The third-order valence-corrected chi connectivity index (χ3v) is 4.34. The number of rotatable bonds is 2. The van der Waals surface area contributed by atoms with Crippen molar-refractivity contribution in [2.45, 2.75) is 63.1 Å². The van der Waals surface area contributed by atoms with Gasteiger partial charge < -0.3 is 23.7 Å². The lowest BCUT2D eigenvalue weighted by molar-refractivity contribution is -0.308. The predicted octanol–water partition coefficient (Wildman–Crippen LogP) is 2.26. The maximum absolute atomic E-state index is 9.09. The second-order valence-corrected chi connectivity index (χ2v) is 6.45. The Labute approximate surface area is 134 Å². The van der Waals surface area contributed by atoms with E-state index in [1.165, 1.54) is 0 Å². The molecule has 23 heavy (non-hydrogen) atoms. The van der Waals surface area contributed by atoms with Gasteiger partial charge in [-0.05, 0) is 13.8 Å². The molecule has 0 aromatic heterocycles. The summed E-state index contributed by atoms with van der Waals surface area (Å²) in [7, 11) is 0. The van der Waals surface area contributed by atoms with Gasteiger partial charge in [-0.2, -0.15) is 5.26 Å². The molecule has 0 amide bonds. The van der Waals surface area contributed by atoms with E-state index in [2.05, 4.69) is 6.07 Å². The highest BCUT2D eigenvalue weighted by molar-refractivity contribution is 5.17. The van der Waals surface area contributed by atoms with E-state index in [-0.39, 0.29) is 30.8 Å². The van der Waals surface area contributed by atoms with Gasteiger partial charge in [0.15, 0.2) is 18.4 Å². The van der Waals surface area contributed by atoms with E-state index in [0.717, 1.165) is 5.56 Å². The number of benzene rings is 1. The Hall–Kier alpha value is -1.49. The fraction of sp³-hybridized carbons (Fsp3) is 0.588. The van der Waals surface area contributed by atoms with Crippen LogP contribution in [0.4, 0.5) is 0 Å². The average Bonchev–Trinajstić information content (AvgIpc) is 3.01. The van der Waals surface area contributed by atoms with Crippen molar-refractivity contribution in [3.8, 4) is 6.07 Å². The van der Waals surface area contributed by atoms with Crippen LogP contribution in [-0.2, 0) is 23.7 Å². The van der Waals surface area contributed by atoms with Crippen molar-refractivity contribution in [2.24, 2.45) is 0 Å². The number of hydrogen-bond donors (Lipinski definition) is 0. The standard InChI is InChI=1S/C17H19NO5/c1-17(2)22-14-13-12(20-16(14)23-17)11(8-9-18)19-15(21-13)10-6-4-3-5-7-10/h3-7,11-16H,8H2,1-2H3/t11-,12-,13-,14+,15+,16+/m0/s1. The Morgan fingerprint density at radius 2 is 1.78 bits per heavy atom. The van der Waals surface area contributed by atoms with Gasteiger partial charge >= 0.3 is 0 Å². The van der Waals surface area contributed by atoms with Crippen molar-refractivity contribution in [3.05, 3.63) is 35.9 Å². The van der Waals surface area contributed by atoms with E-state index in [0.29, 0.717) is 0 Å². The zero-order chi connectivity index (χ0) is 16.0. The van der Waals surface area contributed by atoms with Crippen LogP contribution in [0.5, 0.6) is 0 Å². The highest BCUT2D eigenvalue weighted by Crippen LogP contribution is 2.45. The zero-order valence-corrected chi connectivity index (χ0v) is 13.0. The average molecular weight is 317 g/mol. The quantitative estimate of drug-likeness (QED) is 0.833. The lowest BCUT2D eigenvalue weighted by Gasteiger charge is -2.39. The normalized spacial score (nSPS) is 41.1. The van der Waals surface area contributed by atoms with E-state index in [9.17, 15) is 0 Å². The van der Waals surface area contributed by atoms with Crippen molar-refractivity contribution < 1.29 is 23.7 Å². The molecular formula is C17H19NO5. The summed E-state index contributed by atoms with van der Waals surface area (Å²) in [5.41, 5.74) is 0.913. The van der Waals surface area contributed by atoms with Gasteiger partial charge in [0.05, 0.1) is 12.5 Å². The lowest BCUT2D eigenvalue weighted by atomic mass is 10.0. The van der Waals surface area contributed by atoms with Gasteiger partial charge in [-0.3, -0.25) is 0 Å². The third kappa shape index (κ3) is 2.65. The summed E-state index contributed by atoms with van der Waals surface area (Å²) in [6, 6.07) is 11.8. The molecule has 122 valence electrons. The van der Waals surface area contributed by atoms with Crippen molar-refractivity contribution in [3.63, 3.8) is 0 Å². The summed E-state index contributed by atoms with van der Waals surface area (Å²) >= 11 is 0. The van der Waals surface area contributed by atoms with Gasteiger partial charge in [-0.1, -0.05) is 30.3 Å². The van der Waals surface area contributed by atoms with Gasteiger partial charge in [0.1, 0.15) is 24.4 Å². The highest BCUT2D eigenvalue weighted by Gasteiger charge is 2.60. The summed E-state index contributed by atoms with van der Waals surface area (Å²) < 4.78 is 29.7. The fourth-order valence-corrected chi connectivity index (χ4v) is 3.39. The summed E-state index contributed by atoms with van der Waals surface area (Å²) in [6.07, 6.45) is -2.16. The second-order valence-electron chi connectivity index (χ2n) is 6.45. The molecule has 3 fully saturated rings. The number of nitrogens with zero attached hydrogens (tertiary/aromatic N) is 1. The molecule has 3 aliphatic heterocycles. The number of hydrogen-bond acceptors (Lipinski definition) is 6. The van der Waals surface area contributed by atoms with E-state index in [4.69, 9.17) is 28.9 Å². The minimum atomic E-state index is -0.699. The van der Waals surface area contributed by atoms with Crippen LogP contribution in [0.3, 0.4) is 0 Å². The molecule has 6 atom stereocenters. The molecule has 6 nitrogen and oxygen atoms in total. The molecule has 4 rings (SSSR count). The second kappa shape index (κ2) is 5.55. The Bertz CT molecular complexity index is 613. The molecule has 1 aromatic carbocycles. The van der Waals surface area contributed by atoms with Crippen LogP contribution in [0.1, 0.15) is 32.1 Å². The van der Waals surface area contributed by atoms with E-state index >= 15 is 0 Å². The van der Waals surface area contributed by atoms with Crippen LogP contribution >= 0.6 is 0 Å². The smallest absolute Gasteiger partial charge is 0.190 e. The molecule has 0 saturated carbocycles. The summed E-state index contributed by atoms with van der Waals surface area (Å²) in [5, 5.41) is 9.09. The van der Waals surface area contributed by atoms with Crippen LogP contribution in [0.15, 0.2) is 30.3 Å². The van der Waals surface area contributed by atoms with Gasteiger partial charge in [0.25, 0.3) is 0 Å². The summed E-state index contributed by atoms with van der Waals surface area (Å²) in [4.78, 5) is 0. The maximum atomic E-state index is 9.09. The van der Waals surface area contributed by atoms with E-state index in [1.807, 2.05) is 44.2 Å². The Kier molecular flexibility index (Phi) is 3.63. The molecule has 1 aromatic rings. The monoisotopic (exact) mass is 317 g/mol. The van der Waals surface area contributed by atoms with Crippen LogP contribution in [0, 0.1) is 11.3 Å². The minimum Gasteiger partial charge on any atom is -0.341 e. The molecular weight excluding hydrogens is 298 g/mol. The number of ether oxygens (including phenoxy) is 5. The van der Waals surface area contributed by atoms with Crippen molar-refractivity contribution >= 4 is 0 Å². The largest absolute Gasteiger partial charge is 0.341 e. The Morgan fingerprint density at radius 1 is 1.00 bits per heavy atom. The van der Waals surface area contributed by atoms with Crippen molar-refractivity contribution in [1.29, 1.82) is 5.26 Å². The first-order valence-corrected chi connectivity index (χ1v) is 7.81. The third-order valence-electron chi connectivity index (χ3n) is 4.34. The fourth-order valence-electron chi connectivity index (χ4n) is 3.39. The van der Waals surface area contributed by atoms with Gasteiger partial charge in [-0.15, -0.1) is 0 Å². The lowest BCUT2D eigenvalue weighted by Crippen LogP contribution is -2.49. The molecule has 0 unspecified atom stereocenters. The first kappa shape index (κ1) is 15.1. The molecule has 0 aliphatic carbocycles. The van der Waals surface area contributed by atoms with E-state index in [1.54, 1.807) is 0 Å². The Balaban J connectivity index is 1.60. The zero-order valence-electron chi connectivity index (χ0n) is 13.0. The molecule has 3 aliphatic rings. The van der Waals surface area contributed by atoms with E-state index < -0.39 is 18.4 Å². The van der Waals surface area contributed by atoms with Gasteiger partial charge in [0.2, 0.25) is 0 Å². The molecule has 0 bridgehead atoms. The Morgan fingerprint density at radius 3 is 2.52 bits per heavy atom. The molecule has 0 N–H and O–H groups in total. The number of fused-ring (bicyclic) bond motifs is 3. The molecule has 0 radical (unpaired) electrons. The molecule has 3 heterocycles. The predicted molar refractivity (Wildman–Crippen MR) is 77.9 cm³/mol. The number of nitriles is 1. The van der Waals surface area contributed by atoms with Crippen LogP contribution in [-0.4, -0.2) is 36.5 Å². The molecule has 3 saturated heterocycles. The first-order valence-electron chi connectivity index (χ1n) is 7.81. The van der Waals surface area contributed by atoms with Crippen molar-refractivity contribution in [2.75, 3.05) is 0 Å². The SMILES string of the molecule is CC1(C)O[C@H]2O[C@@H]3[C@H](O[C@H](c4ccccc4)O[C@H]3CC#N)[C@H]2O1. The topological polar surface area (TPSA) is 69.9 Å². The van der Waals surface area contributed by atoms with Crippen LogP contribution < -0.4 is 0 Å². The van der Waals surface area contributed by atoms with Gasteiger partial charge in [-0.25, -0.2) is 0 Å². The maximum Gasteiger partial charge on any atom is 0.190 e. The summed E-state index contributed by atoms with van der Waals surface area (Å²) in [5.74, 6) is -0.699. The minimum absolute atomic E-state index is 0.233. The van der Waals surface area contributed by atoms with Crippen molar-refractivity contribution in [1.82, 2.24) is 0 Å². The highest BCUT2D eigenvalue weighted by atomic mass is 16.9.